The second-order valence-corrected chi connectivity index (χ2v) is 3.25. The van der Waals surface area contributed by atoms with Crippen molar-refractivity contribution in [2.75, 3.05) is 12.4 Å². The van der Waals surface area contributed by atoms with Crippen molar-refractivity contribution < 1.29 is 0 Å². The molecule has 0 aliphatic carbocycles. The number of nitrogens with zero attached hydrogens (tertiary/aromatic N) is 1. The summed E-state index contributed by atoms with van der Waals surface area (Å²) >= 11 is 5.85. The molecule has 66 valence electrons. The van der Waals surface area contributed by atoms with Crippen molar-refractivity contribution in [2.45, 2.75) is 0 Å². The fraction of sp³-hybridized carbons (Fsp3) is 0.100. The standard InChI is InChI=1S/C10H9ClN2/c1-12-10-5-7-2-3-9(11)4-8(7)6-13-10/h2-6H,1H3,(H,12,13). The zero-order valence-electron chi connectivity index (χ0n) is 7.21. The highest BCUT2D eigenvalue weighted by Gasteiger charge is 1.96. The van der Waals surface area contributed by atoms with E-state index in [-0.39, 0.29) is 0 Å². The Bertz CT molecular complexity index is 440. The maximum atomic E-state index is 5.85. The highest BCUT2D eigenvalue weighted by Crippen LogP contribution is 2.20. The molecule has 0 atom stereocenters. The van der Waals surface area contributed by atoms with Crippen molar-refractivity contribution in [1.29, 1.82) is 0 Å². The molecule has 1 heterocycles. The summed E-state index contributed by atoms with van der Waals surface area (Å²) in [6, 6.07) is 7.76. The van der Waals surface area contributed by atoms with Gasteiger partial charge in [-0.3, -0.25) is 0 Å². The van der Waals surface area contributed by atoms with Gasteiger partial charge in [0.2, 0.25) is 0 Å². The minimum atomic E-state index is 0.742. The van der Waals surface area contributed by atoms with E-state index in [9.17, 15) is 0 Å². The number of hydrogen-bond donors (Lipinski definition) is 1. The van der Waals surface area contributed by atoms with Gasteiger partial charge in [-0.1, -0.05) is 17.7 Å². The fourth-order valence-corrected chi connectivity index (χ4v) is 1.43. The van der Waals surface area contributed by atoms with E-state index in [2.05, 4.69) is 10.3 Å². The second kappa shape index (κ2) is 3.23. The number of nitrogens with one attached hydrogen (secondary N) is 1. The van der Waals surface area contributed by atoms with Gasteiger partial charge in [-0.05, 0) is 23.6 Å². The molecule has 3 heteroatoms. The van der Waals surface area contributed by atoms with Crippen LogP contribution >= 0.6 is 11.6 Å². The number of benzene rings is 1. The summed E-state index contributed by atoms with van der Waals surface area (Å²) in [5, 5.41) is 5.94. The average Bonchev–Trinajstić information content (AvgIpc) is 2.17. The molecule has 13 heavy (non-hydrogen) atoms. The van der Waals surface area contributed by atoms with Crippen LogP contribution in [-0.4, -0.2) is 12.0 Å². The van der Waals surface area contributed by atoms with Crippen molar-refractivity contribution in [3.8, 4) is 0 Å². The molecule has 1 aromatic heterocycles. The van der Waals surface area contributed by atoms with Crippen molar-refractivity contribution in [1.82, 2.24) is 4.98 Å². The van der Waals surface area contributed by atoms with E-state index >= 15 is 0 Å². The molecule has 0 spiro atoms. The number of pyridine rings is 1. The smallest absolute Gasteiger partial charge is 0.126 e. The van der Waals surface area contributed by atoms with E-state index in [1.54, 1.807) is 0 Å². The van der Waals surface area contributed by atoms with Crippen molar-refractivity contribution in [3.63, 3.8) is 0 Å². The minimum absolute atomic E-state index is 0.742. The summed E-state index contributed by atoms with van der Waals surface area (Å²) in [4.78, 5) is 4.20. The van der Waals surface area contributed by atoms with E-state index in [0.29, 0.717) is 0 Å². The molecule has 2 nitrogen and oxygen atoms in total. The van der Waals surface area contributed by atoms with E-state index in [1.165, 1.54) is 0 Å². The van der Waals surface area contributed by atoms with Gasteiger partial charge in [0.05, 0.1) is 0 Å². The number of rotatable bonds is 1. The van der Waals surface area contributed by atoms with Gasteiger partial charge in [0, 0.05) is 23.7 Å². The zero-order chi connectivity index (χ0) is 9.26. The van der Waals surface area contributed by atoms with Crippen LogP contribution < -0.4 is 5.32 Å². The van der Waals surface area contributed by atoms with Crippen LogP contribution in [0, 0.1) is 0 Å². The van der Waals surface area contributed by atoms with E-state index in [1.807, 2.05) is 37.5 Å². The van der Waals surface area contributed by atoms with Gasteiger partial charge < -0.3 is 5.32 Å². The predicted octanol–water partition coefficient (Wildman–Crippen LogP) is 2.93. The van der Waals surface area contributed by atoms with Crippen LogP contribution in [0.5, 0.6) is 0 Å². The molecule has 0 saturated heterocycles. The first kappa shape index (κ1) is 8.32. The second-order valence-electron chi connectivity index (χ2n) is 2.81. The topological polar surface area (TPSA) is 24.9 Å². The van der Waals surface area contributed by atoms with Gasteiger partial charge in [0.25, 0.3) is 0 Å². The first-order valence-corrected chi connectivity index (χ1v) is 4.40. The predicted molar refractivity (Wildman–Crippen MR) is 56.3 cm³/mol. The molecule has 2 aromatic rings. The lowest BCUT2D eigenvalue weighted by atomic mass is 10.2. The maximum Gasteiger partial charge on any atom is 0.126 e. The van der Waals surface area contributed by atoms with E-state index in [0.717, 1.165) is 21.6 Å². The lowest BCUT2D eigenvalue weighted by Crippen LogP contribution is -1.90. The normalized spacial score (nSPS) is 10.3. The monoisotopic (exact) mass is 192 g/mol. The lowest BCUT2D eigenvalue weighted by Gasteiger charge is -2.01. The van der Waals surface area contributed by atoms with Gasteiger partial charge in [-0.25, -0.2) is 4.98 Å². The Kier molecular flexibility index (Phi) is 2.07. The molecule has 0 amide bonds. The molecular formula is C10H9ClN2. The Hall–Kier alpha value is -1.28. The van der Waals surface area contributed by atoms with Crippen molar-refractivity contribution in [2.24, 2.45) is 0 Å². The van der Waals surface area contributed by atoms with Crippen LogP contribution in [0.25, 0.3) is 10.8 Å². The summed E-state index contributed by atoms with van der Waals surface area (Å²) in [7, 11) is 1.85. The largest absolute Gasteiger partial charge is 0.373 e. The number of aromatic nitrogens is 1. The summed E-state index contributed by atoms with van der Waals surface area (Å²) in [6.45, 7) is 0. The highest BCUT2D eigenvalue weighted by atomic mass is 35.5. The van der Waals surface area contributed by atoms with E-state index < -0.39 is 0 Å². The van der Waals surface area contributed by atoms with Crippen LogP contribution in [0.3, 0.4) is 0 Å². The third-order valence-corrected chi connectivity index (χ3v) is 2.18. The number of anilines is 1. The van der Waals surface area contributed by atoms with Crippen molar-refractivity contribution in [3.05, 3.63) is 35.5 Å². The lowest BCUT2D eigenvalue weighted by molar-refractivity contribution is 1.31. The number of fused-ring (bicyclic) bond motifs is 1. The van der Waals surface area contributed by atoms with Crippen LogP contribution in [0.15, 0.2) is 30.5 Å². The molecule has 1 aromatic carbocycles. The average molecular weight is 193 g/mol. The molecule has 0 saturated carbocycles. The first-order valence-electron chi connectivity index (χ1n) is 4.02. The minimum Gasteiger partial charge on any atom is -0.373 e. The summed E-state index contributed by atoms with van der Waals surface area (Å²) in [5.74, 6) is 0.870. The van der Waals surface area contributed by atoms with Crippen molar-refractivity contribution >= 4 is 28.2 Å². The van der Waals surface area contributed by atoms with Gasteiger partial charge in [-0.15, -0.1) is 0 Å². The molecule has 0 aliphatic rings. The Labute approximate surface area is 81.6 Å². The summed E-state index contributed by atoms with van der Waals surface area (Å²) in [6.07, 6.45) is 1.81. The third kappa shape index (κ3) is 1.58. The molecule has 2 rings (SSSR count). The number of hydrogen-bond acceptors (Lipinski definition) is 2. The maximum absolute atomic E-state index is 5.85. The highest BCUT2D eigenvalue weighted by molar-refractivity contribution is 6.31. The Morgan fingerprint density at radius 3 is 2.85 bits per heavy atom. The molecule has 0 radical (unpaired) electrons. The van der Waals surface area contributed by atoms with E-state index in [4.69, 9.17) is 11.6 Å². The summed E-state index contributed by atoms with van der Waals surface area (Å²) < 4.78 is 0. The molecule has 1 N–H and O–H groups in total. The molecule has 0 fully saturated rings. The molecule has 0 aliphatic heterocycles. The van der Waals surface area contributed by atoms with Gasteiger partial charge in [0.15, 0.2) is 0 Å². The third-order valence-electron chi connectivity index (χ3n) is 1.94. The molecule has 0 bridgehead atoms. The van der Waals surface area contributed by atoms with Crippen LogP contribution in [0.2, 0.25) is 5.02 Å². The quantitative estimate of drug-likeness (QED) is 0.752. The molecular weight excluding hydrogens is 184 g/mol. The SMILES string of the molecule is CNc1cc2ccc(Cl)cc2cn1. The van der Waals surface area contributed by atoms with Gasteiger partial charge >= 0.3 is 0 Å². The Morgan fingerprint density at radius 2 is 2.08 bits per heavy atom. The van der Waals surface area contributed by atoms with Gasteiger partial charge in [-0.2, -0.15) is 0 Å². The fourth-order valence-electron chi connectivity index (χ4n) is 1.25. The Morgan fingerprint density at radius 1 is 1.23 bits per heavy atom. The first-order chi connectivity index (χ1) is 6.29. The van der Waals surface area contributed by atoms with Gasteiger partial charge in [0.1, 0.15) is 5.82 Å². The summed E-state index contributed by atoms with van der Waals surface area (Å²) in [5.41, 5.74) is 0. The zero-order valence-corrected chi connectivity index (χ0v) is 7.97. The molecule has 0 unspecified atom stereocenters. The Balaban J connectivity index is 2.66. The van der Waals surface area contributed by atoms with Crippen LogP contribution in [0.4, 0.5) is 5.82 Å². The number of halogens is 1. The van der Waals surface area contributed by atoms with Crippen LogP contribution in [-0.2, 0) is 0 Å². The van der Waals surface area contributed by atoms with Crippen LogP contribution in [0.1, 0.15) is 0 Å².